The average Bonchev–Trinajstić information content (AvgIpc) is 2.39. The van der Waals surface area contributed by atoms with Crippen LogP contribution in [0.5, 0.6) is 0 Å². The van der Waals surface area contributed by atoms with Crippen molar-refractivity contribution in [1.82, 2.24) is 4.72 Å². The number of anilines is 2. The molecule has 0 bridgehead atoms. The molecule has 0 aliphatic carbocycles. The van der Waals surface area contributed by atoms with Crippen LogP contribution in [0, 0.1) is 0 Å². The number of hydrogen-bond acceptors (Lipinski definition) is 4. The number of nitrogens with one attached hydrogen (secondary N) is 1. The minimum Gasteiger partial charge on any atom is -0.398 e. The van der Waals surface area contributed by atoms with Gasteiger partial charge in [0.2, 0.25) is 10.0 Å². The van der Waals surface area contributed by atoms with Gasteiger partial charge in [-0.2, -0.15) is 0 Å². The molecular weight excluding hydrogens is 262 g/mol. The fourth-order valence-corrected chi connectivity index (χ4v) is 2.99. The number of benzene rings is 1. The molecule has 0 fully saturated rings. The summed E-state index contributed by atoms with van der Waals surface area (Å²) >= 11 is 0. The van der Waals surface area contributed by atoms with E-state index in [1.165, 1.54) is 7.05 Å². The maximum atomic E-state index is 11.7. The Balaban J connectivity index is 3.13. The molecule has 0 amide bonds. The lowest BCUT2D eigenvalue weighted by molar-refractivity contribution is 0.587. The molecule has 1 rings (SSSR count). The lowest BCUT2D eigenvalue weighted by Crippen LogP contribution is -2.30. The average molecular weight is 285 g/mol. The van der Waals surface area contributed by atoms with E-state index in [-0.39, 0.29) is 10.6 Å². The molecule has 5 nitrogen and oxygen atoms in total. The number of rotatable bonds is 6. The summed E-state index contributed by atoms with van der Waals surface area (Å²) in [5, 5.41) is 0. The van der Waals surface area contributed by atoms with Crippen LogP contribution in [-0.4, -0.2) is 28.6 Å². The van der Waals surface area contributed by atoms with Crippen molar-refractivity contribution >= 4 is 21.4 Å². The Morgan fingerprint density at radius 1 is 1.32 bits per heavy atom. The van der Waals surface area contributed by atoms with Gasteiger partial charge in [-0.15, -0.1) is 0 Å². The van der Waals surface area contributed by atoms with Crippen molar-refractivity contribution < 1.29 is 8.42 Å². The van der Waals surface area contributed by atoms with E-state index in [1.807, 2.05) is 7.05 Å². The van der Waals surface area contributed by atoms with E-state index >= 15 is 0 Å². The van der Waals surface area contributed by atoms with Crippen LogP contribution >= 0.6 is 0 Å². The summed E-state index contributed by atoms with van der Waals surface area (Å²) in [4.78, 5) is 2.25. The molecule has 108 valence electrons. The molecule has 0 aliphatic rings. The van der Waals surface area contributed by atoms with Gasteiger partial charge in [-0.3, -0.25) is 0 Å². The first-order valence-corrected chi connectivity index (χ1v) is 7.91. The molecule has 0 saturated heterocycles. The second-order valence-electron chi connectivity index (χ2n) is 4.51. The van der Waals surface area contributed by atoms with Crippen molar-refractivity contribution in [2.45, 2.75) is 37.6 Å². The Kier molecular flexibility index (Phi) is 5.20. The molecule has 0 atom stereocenters. The molecule has 19 heavy (non-hydrogen) atoms. The largest absolute Gasteiger partial charge is 0.398 e. The van der Waals surface area contributed by atoms with Crippen molar-refractivity contribution in [3.8, 4) is 0 Å². The summed E-state index contributed by atoms with van der Waals surface area (Å²) in [6.07, 6.45) is 2.06. The van der Waals surface area contributed by atoms with E-state index in [2.05, 4.69) is 23.5 Å². The van der Waals surface area contributed by atoms with Crippen LogP contribution in [-0.2, 0) is 10.0 Å². The molecule has 0 heterocycles. The predicted octanol–water partition coefficient (Wildman–Crippen LogP) is 1.80. The molecule has 0 saturated carbocycles. The number of nitrogens with zero attached hydrogens (tertiary/aromatic N) is 1. The first-order chi connectivity index (χ1) is 8.87. The second kappa shape index (κ2) is 6.25. The fraction of sp³-hybridized carbons (Fsp3) is 0.538. The summed E-state index contributed by atoms with van der Waals surface area (Å²) < 4.78 is 25.8. The topological polar surface area (TPSA) is 75.4 Å². The molecule has 0 spiro atoms. The van der Waals surface area contributed by atoms with Crippen LogP contribution in [0.4, 0.5) is 11.4 Å². The van der Waals surface area contributed by atoms with E-state index in [0.717, 1.165) is 18.5 Å². The van der Waals surface area contributed by atoms with E-state index in [9.17, 15) is 8.42 Å². The first kappa shape index (κ1) is 15.8. The summed E-state index contributed by atoms with van der Waals surface area (Å²) in [5.74, 6) is 0. The molecule has 0 aromatic heterocycles. The number of nitrogen functional groups attached to an aromatic ring is 1. The highest BCUT2D eigenvalue weighted by Crippen LogP contribution is 2.26. The normalized spacial score (nSPS) is 11.8. The van der Waals surface area contributed by atoms with Gasteiger partial charge in [0.05, 0.1) is 5.69 Å². The Hall–Kier alpha value is -1.27. The summed E-state index contributed by atoms with van der Waals surface area (Å²) in [5.41, 5.74) is 7.06. The van der Waals surface area contributed by atoms with E-state index in [0.29, 0.717) is 6.04 Å². The number of sulfonamides is 1. The highest BCUT2D eigenvalue weighted by Gasteiger charge is 2.17. The van der Waals surface area contributed by atoms with Crippen LogP contribution in [0.1, 0.15) is 26.7 Å². The third-order valence-corrected chi connectivity index (χ3v) is 4.94. The third-order valence-electron chi connectivity index (χ3n) is 3.45. The maximum absolute atomic E-state index is 11.7. The molecule has 6 heteroatoms. The van der Waals surface area contributed by atoms with Crippen molar-refractivity contribution in [1.29, 1.82) is 0 Å². The van der Waals surface area contributed by atoms with Crippen LogP contribution in [0.15, 0.2) is 23.1 Å². The second-order valence-corrected chi connectivity index (χ2v) is 6.37. The lowest BCUT2D eigenvalue weighted by Gasteiger charge is -2.28. The molecule has 1 aromatic carbocycles. The summed E-state index contributed by atoms with van der Waals surface area (Å²) in [6, 6.07) is 5.47. The monoisotopic (exact) mass is 285 g/mol. The Bertz CT molecular complexity index is 525. The van der Waals surface area contributed by atoms with Crippen molar-refractivity contribution in [2.24, 2.45) is 0 Å². The molecule has 1 aromatic rings. The van der Waals surface area contributed by atoms with Gasteiger partial charge >= 0.3 is 0 Å². The zero-order valence-corrected chi connectivity index (χ0v) is 12.8. The van der Waals surface area contributed by atoms with Crippen molar-refractivity contribution in [3.05, 3.63) is 18.2 Å². The highest BCUT2D eigenvalue weighted by atomic mass is 32.2. The minimum absolute atomic E-state index is 0.122. The van der Waals surface area contributed by atoms with Gasteiger partial charge < -0.3 is 10.6 Å². The standard InChI is InChI=1S/C13H23N3O2S/c1-5-10(6-2)16(4)11-7-8-13(12(14)9-11)19(17,18)15-3/h7-10,15H,5-6,14H2,1-4H3. The summed E-state index contributed by atoms with van der Waals surface area (Å²) in [6.45, 7) is 4.27. The lowest BCUT2D eigenvalue weighted by atomic mass is 10.1. The number of hydrogen-bond donors (Lipinski definition) is 2. The van der Waals surface area contributed by atoms with E-state index < -0.39 is 10.0 Å². The van der Waals surface area contributed by atoms with Gasteiger partial charge in [0.1, 0.15) is 4.90 Å². The third kappa shape index (κ3) is 3.39. The van der Waals surface area contributed by atoms with Crippen LogP contribution in [0.25, 0.3) is 0 Å². The first-order valence-electron chi connectivity index (χ1n) is 6.43. The Morgan fingerprint density at radius 3 is 2.32 bits per heavy atom. The molecular formula is C13H23N3O2S. The Morgan fingerprint density at radius 2 is 1.89 bits per heavy atom. The zero-order chi connectivity index (χ0) is 14.6. The van der Waals surface area contributed by atoms with Gasteiger partial charge in [-0.05, 0) is 38.1 Å². The van der Waals surface area contributed by atoms with Crippen molar-refractivity contribution in [2.75, 3.05) is 24.7 Å². The van der Waals surface area contributed by atoms with E-state index in [1.54, 1.807) is 18.2 Å². The number of nitrogens with two attached hydrogens (primary N) is 1. The van der Waals surface area contributed by atoms with Crippen LogP contribution in [0.2, 0.25) is 0 Å². The molecule has 3 N–H and O–H groups in total. The van der Waals surface area contributed by atoms with Crippen LogP contribution < -0.4 is 15.4 Å². The molecule has 0 aliphatic heterocycles. The van der Waals surface area contributed by atoms with Gasteiger partial charge in [0, 0.05) is 18.8 Å². The molecule has 0 unspecified atom stereocenters. The van der Waals surface area contributed by atoms with Crippen LogP contribution in [0.3, 0.4) is 0 Å². The van der Waals surface area contributed by atoms with Gasteiger partial charge in [-0.1, -0.05) is 13.8 Å². The fourth-order valence-electron chi connectivity index (χ4n) is 2.16. The Labute approximate surface area is 115 Å². The SMILES string of the molecule is CCC(CC)N(C)c1ccc(S(=O)(=O)NC)c(N)c1. The smallest absolute Gasteiger partial charge is 0.242 e. The zero-order valence-electron chi connectivity index (χ0n) is 12.0. The predicted molar refractivity (Wildman–Crippen MR) is 79.9 cm³/mol. The van der Waals surface area contributed by atoms with Gasteiger partial charge in [0.15, 0.2) is 0 Å². The maximum Gasteiger partial charge on any atom is 0.242 e. The minimum atomic E-state index is -3.50. The van der Waals surface area contributed by atoms with Crippen molar-refractivity contribution in [3.63, 3.8) is 0 Å². The van der Waals surface area contributed by atoms with Gasteiger partial charge in [0.25, 0.3) is 0 Å². The quantitative estimate of drug-likeness (QED) is 0.782. The molecule has 0 radical (unpaired) electrons. The highest BCUT2D eigenvalue weighted by molar-refractivity contribution is 7.89. The van der Waals surface area contributed by atoms with E-state index in [4.69, 9.17) is 5.73 Å². The van der Waals surface area contributed by atoms with Gasteiger partial charge in [-0.25, -0.2) is 13.1 Å². The summed E-state index contributed by atoms with van der Waals surface area (Å²) in [7, 11) is -0.124.